The van der Waals surface area contributed by atoms with Crippen LogP contribution in [0.1, 0.15) is 37.4 Å². The molecule has 0 saturated heterocycles. The van der Waals surface area contributed by atoms with E-state index in [0.717, 1.165) is 30.0 Å². The first kappa shape index (κ1) is 16.4. The van der Waals surface area contributed by atoms with Gasteiger partial charge in [-0.3, -0.25) is 0 Å². The van der Waals surface area contributed by atoms with Gasteiger partial charge in [-0.2, -0.15) is 0 Å². The van der Waals surface area contributed by atoms with Crippen LogP contribution in [0, 0.1) is 17.0 Å². The molecule has 0 radical (unpaired) electrons. The fraction of sp³-hybridized carbons (Fsp3) is 0.316. The normalized spacial score (nSPS) is 18.8. The molecule has 24 heavy (non-hydrogen) atoms. The van der Waals surface area contributed by atoms with Gasteiger partial charge in [0.15, 0.2) is 0 Å². The third-order valence-electron chi connectivity index (χ3n) is 4.78. The summed E-state index contributed by atoms with van der Waals surface area (Å²) < 4.78 is 27.1. The molecule has 0 bridgehead atoms. The first-order chi connectivity index (χ1) is 11.3. The van der Waals surface area contributed by atoms with Crippen molar-refractivity contribution >= 4 is 6.09 Å². The molecule has 1 aliphatic carbocycles. The van der Waals surface area contributed by atoms with Crippen LogP contribution in [-0.4, -0.2) is 11.2 Å². The molecule has 0 fully saturated rings. The van der Waals surface area contributed by atoms with E-state index in [9.17, 15) is 13.6 Å². The number of benzene rings is 2. The Morgan fingerprint density at radius 3 is 2.62 bits per heavy atom. The van der Waals surface area contributed by atoms with Crippen molar-refractivity contribution in [3.8, 4) is 11.1 Å². The molecule has 126 valence electrons. The number of fused-ring (bicyclic) bond motifs is 1. The number of aryl methyl sites for hydroxylation is 1. The first-order valence-electron chi connectivity index (χ1n) is 7.85. The molecule has 1 amide bonds. The summed E-state index contributed by atoms with van der Waals surface area (Å²) in [4.78, 5) is 11.1. The monoisotopic (exact) mass is 331 g/mol. The summed E-state index contributed by atoms with van der Waals surface area (Å²) in [5, 5.41) is 11.7. The molecule has 1 aliphatic rings. The van der Waals surface area contributed by atoms with Crippen LogP contribution in [0.5, 0.6) is 0 Å². The van der Waals surface area contributed by atoms with E-state index in [4.69, 9.17) is 5.11 Å². The van der Waals surface area contributed by atoms with E-state index < -0.39 is 17.7 Å². The van der Waals surface area contributed by atoms with Crippen LogP contribution in [-0.2, 0) is 6.42 Å². The Morgan fingerprint density at radius 1 is 1.21 bits per heavy atom. The Balaban J connectivity index is 2.04. The van der Waals surface area contributed by atoms with Gasteiger partial charge in [-0.25, -0.2) is 13.6 Å². The van der Waals surface area contributed by atoms with Gasteiger partial charge in [-0.1, -0.05) is 32.0 Å². The number of carbonyl (C=O) groups is 1. The second-order valence-corrected chi connectivity index (χ2v) is 6.91. The van der Waals surface area contributed by atoms with Gasteiger partial charge < -0.3 is 10.4 Å². The maximum Gasteiger partial charge on any atom is 0.405 e. The lowest BCUT2D eigenvalue weighted by molar-refractivity contribution is 0.161. The smallest absolute Gasteiger partial charge is 0.405 e. The molecule has 0 spiro atoms. The maximum absolute atomic E-state index is 14.0. The van der Waals surface area contributed by atoms with Crippen LogP contribution in [0.25, 0.3) is 11.1 Å². The van der Waals surface area contributed by atoms with E-state index in [0.29, 0.717) is 11.1 Å². The molecule has 3 nitrogen and oxygen atoms in total. The molecule has 1 atom stereocenters. The second-order valence-electron chi connectivity index (χ2n) is 6.91. The van der Waals surface area contributed by atoms with Gasteiger partial charge in [0.25, 0.3) is 0 Å². The van der Waals surface area contributed by atoms with Crippen molar-refractivity contribution in [2.75, 3.05) is 0 Å². The van der Waals surface area contributed by atoms with E-state index in [1.54, 1.807) is 6.07 Å². The third kappa shape index (κ3) is 2.98. The summed E-state index contributed by atoms with van der Waals surface area (Å²) >= 11 is 0. The van der Waals surface area contributed by atoms with Crippen molar-refractivity contribution < 1.29 is 18.7 Å². The van der Waals surface area contributed by atoms with Gasteiger partial charge in [0, 0.05) is 11.6 Å². The predicted octanol–water partition coefficient (Wildman–Crippen LogP) is 4.91. The fourth-order valence-electron chi connectivity index (χ4n) is 3.41. The molecule has 2 aromatic rings. The van der Waals surface area contributed by atoms with Gasteiger partial charge in [0.1, 0.15) is 11.6 Å². The SMILES string of the molecule is CC1(C)CCc2cc(-c3ccc(F)cc3F)ccc2C1NC(=O)O. The standard InChI is InChI=1S/C19H19F2NO2/c1-19(2)8-7-12-9-11(14-6-4-13(20)10-16(14)21)3-5-15(12)17(19)22-18(23)24/h3-6,9-10,17,22H,7-8H2,1-2H3,(H,23,24). The quantitative estimate of drug-likeness (QED) is 0.821. The largest absolute Gasteiger partial charge is 0.465 e. The highest BCUT2D eigenvalue weighted by Gasteiger charge is 2.37. The van der Waals surface area contributed by atoms with Crippen LogP contribution in [0.4, 0.5) is 13.6 Å². The maximum atomic E-state index is 14.0. The summed E-state index contributed by atoms with van der Waals surface area (Å²) in [6.07, 6.45) is 0.548. The van der Waals surface area contributed by atoms with Gasteiger partial charge in [0.05, 0.1) is 6.04 Å². The minimum atomic E-state index is -1.06. The molecule has 1 unspecified atom stereocenters. The van der Waals surface area contributed by atoms with Crippen LogP contribution in [0.15, 0.2) is 36.4 Å². The number of rotatable bonds is 2. The van der Waals surface area contributed by atoms with E-state index in [-0.39, 0.29) is 11.5 Å². The molecule has 0 aromatic heterocycles. The molecule has 3 rings (SSSR count). The zero-order chi connectivity index (χ0) is 17.5. The van der Waals surface area contributed by atoms with E-state index >= 15 is 0 Å². The molecule has 2 aromatic carbocycles. The van der Waals surface area contributed by atoms with Crippen molar-refractivity contribution in [3.05, 3.63) is 59.2 Å². The van der Waals surface area contributed by atoms with Crippen LogP contribution < -0.4 is 5.32 Å². The highest BCUT2D eigenvalue weighted by molar-refractivity contribution is 5.68. The number of halogens is 2. The average Bonchev–Trinajstić information content (AvgIpc) is 2.50. The minimum Gasteiger partial charge on any atom is -0.465 e. The van der Waals surface area contributed by atoms with Crippen LogP contribution >= 0.6 is 0 Å². The van der Waals surface area contributed by atoms with Crippen molar-refractivity contribution in [1.82, 2.24) is 5.32 Å². The molecule has 0 heterocycles. The summed E-state index contributed by atoms with van der Waals surface area (Å²) in [5.41, 5.74) is 2.72. The summed E-state index contributed by atoms with van der Waals surface area (Å²) in [6, 6.07) is 8.68. The lowest BCUT2D eigenvalue weighted by Gasteiger charge is -2.40. The number of hydrogen-bond acceptors (Lipinski definition) is 1. The molecular formula is C19H19F2NO2. The Morgan fingerprint density at radius 2 is 1.96 bits per heavy atom. The van der Waals surface area contributed by atoms with Crippen molar-refractivity contribution in [3.63, 3.8) is 0 Å². The van der Waals surface area contributed by atoms with Gasteiger partial charge in [-0.15, -0.1) is 0 Å². The molecule has 0 saturated carbocycles. The molecular weight excluding hydrogens is 312 g/mol. The molecule has 2 N–H and O–H groups in total. The second kappa shape index (κ2) is 5.89. The van der Waals surface area contributed by atoms with E-state index in [1.165, 1.54) is 12.1 Å². The topological polar surface area (TPSA) is 49.3 Å². The van der Waals surface area contributed by atoms with Crippen LogP contribution in [0.2, 0.25) is 0 Å². The average molecular weight is 331 g/mol. The third-order valence-corrected chi connectivity index (χ3v) is 4.78. The predicted molar refractivity (Wildman–Crippen MR) is 87.8 cm³/mol. The van der Waals surface area contributed by atoms with Crippen molar-refractivity contribution in [2.24, 2.45) is 5.41 Å². The lowest BCUT2D eigenvalue weighted by Crippen LogP contribution is -2.40. The molecule has 5 heteroatoms. The fourth-order valence-corrected chi connectivity index (χ4v) is 3.41. The Kier molecular flexibility index (Phi) is 4.03. The van der Waals surface area contributed by atoms with Gasteiger partial charge >= 0.3 is 6.09 Å². The Bertz CT molecular complexity index is 802. The van der Waals surface area contributed by atoms with Gasteiger partial charge in [-0.05, 0) is 47.1 Å². The number of carboxylic acid groups (broad SMARTS) is 1. The molecule has 0 aliphatic heterocycles. The summed E-state index contributed by atoms with van der Waals surface area (Å²) in [7, 11) is 0. The number of amides is 1. The van der Waals surface area contributed by atoms with Crippen molar-refractivity contribution in [1.29, 1.82) is 0 Å². The Labute approximate surface area is 139 Å². The highest BCUT2D eigenvalue weighted by atomic mass is 19.1. The minimum absolute atomic E-state index is 0.200. The summed E-state index contributed by atoms with van der Waals surface area (Å²) in [5.74, 6) is -1.21. The number of nitrogens with one attached hydrogen (secondary N) is 1. The Hall–Kier alpha value is -2.43. The number of hydrogen-bond donors (Lipinski definition) is 2. The van der Waals surface area contributed by atoms with Crippen molar-refractivity contribution in [2.45, 2.75) is 32.7 Å². The van der Waals surface area contributed by atoms with E-state index in [2.05, 4.69) is 5.32 Å². The highest BCUT2D eigenvalue weighted by Crippen LogP contribution is 2.44. The first-order valence-corrected chi connectivity index (χ1v) is 7.85. The van der Waals surface area contributed by atoms with E-state index in [1.807, 2.05) is 26.0 Å². The lowest BCUT2D eigenvalue weighted by atomic mass is 9.70. The zero-order valence-electron chi connectivity index (χ0n) is 13.6. The van der Waals surface area contributed by atoms with Gasteiger partial charge in [0.2, 0.25) is 0 Å². The summed E-state index contributed by atoms with van der Waals surface area (Å²) in [6.45, 7) is 4.06. The van der Waals surface area contributed by atoms with Crippen LogP contribution in [0.3, 0.4) is 0 Å². The zero-order valence-corrected chi connectivity index (χ0v) is 13.6.